The van der Waals surface area contributed by atoms with Gasteiger partial charge in [-0.05, 0) is 18.1 Å². The first-order valence-electron chi connectivity index (χ1n) is 10.6. The molecular formula is C23H26N4O3S2. The lowest BCUT2D eigenvalue weighted by molar-refractivity contribution is -0.137. The Balaban J connectivity index is 1.49. The van der Waals surface area contributed by atoms with Crippen LogP contribution >= 0.6 is 23.1 Å². The summed E-state index contributed by atoms with van der Waals surface area (Å²) in [5, 5.41) is 1.61. The minimum absolute atomic E-state index is 0.154. The predicted molar refractivity (Wildman–Crippen MR) is 128 cm³/mol. The van der Waals surface area contributed by atoms with E-state index in [1.165, 1.54) is 23.7 Å². The number of rotatable bonds is 7. The van der Waals surface area contributed by atoms with Gasteiger partial charge in [-0.3, -0.25) is 9.59 Å². The van der Waals surface area contributed by atoms with Gasteiger partial charge in [0.05, 0.1) is 24.7 Å². The van der Waals surface area contributed by atoms with Crippen molar-refractivity contribution in [2.24, 2.45) is 0 Å². The van der Waals surface area contributed by atoms with E-state index in [9.17, 15) is 9.59 Å². The van der Waals surface area contributed by atoms with Gasteiger partial charge in [-0.25, -0.2) is 9.97 Å². The maximum absolute atomic E-state index is 12.7. The second kappa shape index (κ2) is 10.3. The second-order valence-electron chi connectivity index (χ2n) is 7.51. The molecule has 1 aromatic carbocycles. The summed E-state index contributed by atoms with van der Waals surface area (Å²) < 4.78 is 4.74. The largest absolute Gasteiger partial charge is 0.468 e. The Bertz CT molecular complexity index is 1100. The van der Waals surface area contributed by atoms with Crippen molar-refractivity contribution in [2.45, 2.75) is 24.9 Å². The standard InChI is InChI=1S/C23H26N4O3S2/c1-3-17-14-18-21(24-23(25-22(18)32-17)31-15-20(29)30-2)27-11-9-26(10-12-27)19(28)13-16-7-5-4-6-8-16/h4-8,14H,3,9-13,15H2,1-2H3. The molecule has 4 rings (SSSR count). The highest BCUT2D eigenvalue weighted by atomic mass is 32.2. The van der Waals surface area contributed by atoms with Crippen LogP contribution in [-0.2, 0) is 27.2 Å². The Hall–Kier alpha value is -2.65. The van der Waals surface area contributed by atoms with E-state index in [1.807, 2.05) is 35.2 Å². The number of thiophene rings is 1. The Morgan fingerprint density at radius 2 is 1.88 bits per heavy atom. The van der Waals surface area contributed by atoms with Gasteiger partial charge in [0.1, 0.15) is 10.6 Å². The molecule has 1 amide bonds. The molecule has 0 spiro atoms. The molecule has 9 heteroatoms. The molecule has 0 aliphatic carbocycles. The molecule has 1 aliphatic heterocycles. The number of methoxy groups -OCH3 is 1. The lowest BCUT2D eigenvalue weighted by Gasteiger charge is -2.35. The van der Waals surface area contributed by atoms with Crippen LogP contribution in [0, 0.1) is 0 Å². The molecule has 1 fully saturated rings. The fourth-order valence-corrected chi connectivity index (χ4v) is 5.34. The van der Waals surface area contributed by atoms with Crippen LogP contribution < -0.4 is 4.90 Å². The number of thioether (sulfide) groups is 1. The number of benzene rings is 1. The van der Waals surface area contributed by atoms with E-state index in [2.05, 4.69) is 22.9 Å². The predicted octanol–water partition coefficient (Wildman–Crippen LogP) is 3.41. The number of esters is 1. The minimum atomic E-state index is -0.300. The lowest BCUT2D eigenvalue weighted by Crippen LogP contribution is -2.49. The monoisotopic (exact) mass is 470 g/mol. The fourth-order valence-electron chi connectivity index (χ4n) is 3.65. The highest BCUT2D eigenvalue weighted by Gasteiger charge is 2.25. The number of hydrogen-bond acceptors (Lipinski definition) is 8. The molecule has 0 radical (unpaired) electrons. The summed E-state index contributed by atoms with van der Waals surface area (Å²) in [6.45, 7) is 4.87. The number of anilines is 1. The summed E-state index contributed by atoms with van der Waals surface area (Å²) in [5.41, 5.74) is 1.04. The first-order chi connectivity index (χ1) is 15.6. The summed E-state index contributed by atoms with van der Waals surface area (Å²) in [7, 11) is 1.38. The van der Waals surface area contributed by atoms with Crippen molar-refractivity contribution in [3.63, 3.8) is 0 Å². The zero-order valence-electron chi connectivity index (χ0n) is 18.2. The van der Waals surface area contributed by atoms with Gasteiger partial charge in [-0.2, -0.15) is 0 Å². The quantitative estimate of drug-likeness (QED) is 0.298. The van der Waals surface area contributed by atoms with Crippen LogP contribution in [-0.4, -0.2) is 65.8 Å². The molecule has 7 nitrogen and oxygen atoms in total. The van der Waals surface area contributed by atoms with Gasteiger partial charge in [0, 0.05) is 31.1 Å². The number of carbonyl (C=O) groups excluding carboxylic acids is 2. The van der Waals surface area contributed by atoms with Crippen molar-refractivity contribution >= 4 is 51.0 Å². The number of piperazine rings is 1. The summed E-state index contributed by atoms with van der Waals surface area (Å²) >= 11 is 2.95. The van der Waals surface area contributed by atoms with Gasteiger partial charge in [-0.1, -0.05) is 49.0 Å². The van der Waals surface area contributed by atoms with E-state index in [1.54, 1.807) is 11.3 Å². The van der Waals surface area contributed by atoms with E-state index in [-0.39, 0.29) is 17.6 Å². The van der Waals surface area contributed by atoms with Gasteiger partial charge in [0.25, 0.3) is 0 Å². The number of amides is 1. The van der Waals surface area contributed by atoms with E-state index in [4.69, 9.17) is 9.72 Å². The Morgan fingerprint density at radius 3 is 2.56 bits per heavy atom. The minimum Gasteiger partial charge on any atom is -0.468 e. The number of hydrogen-bond donors (Lipinski definition) is 0. The smallest absolute Gasteiger partial charge is 0.316 e. The maximum Gasteiger partial charge on any atom is 0.316 e. The number of carbonyl (C=O) groups is 2. The fraction of sp³-hybridized carbons (Fsp3) is 0.391. The third kappa shape index (κ3) is 5.21. The van der Waals surface area contributed by atoms with Crippen molar-refractivity contribution in [3.8, 4) is 0 Å². The van der Waals surface area contributed by atoms with Crippen molar-refractivity contribution in [1.29, 1.82) is 0 Å². The molecule has 3 aromatic rings. The number of aryl methyl sites for hydroxylation is 1. The SMILES string of the molecule is CCc1cc2c(N3CCN(C(=O)Cc4ccccc4)CC3)nc(SCC(=O)OC)nc2s1. The average molecular weight is 471 g/mol. The van der Waals surface area contributed by atoms with Crippen LogP contribution in [0.1, 0.15) is 17.4 Å². The molecule has 0 unspecified atom stereocenters. The average Bonchev–Trinajstić information content (AvgIpc) is 3.26. The molecule has 1 aliphatic rings. The van der Waals surface area contributed by atoms with Crippen molar-refractivity contribution < 1.29 is 14.3 Å². The maximum atomic E-state index is 12.7. The van der Waals surface area contributed by atoms with Crippen LogP contribution in [0.5, 0.6) is 0 Å². The molecule has 0 bridgehead atoms. The van der Waals surface area contributed by atoms with Gasteiger partial charge < -0.3 is 14.5 Å². The highest BCUT2D eigenvalue weighted by Crippen LogP contribution is 2.33. The van der Waals surface area contributed by atoms with Crippen LogP contribution in [0.4, 0.5) is 5.82 Å². The number of ether oxygens (including phenoxy) is 1. The van der Waals surface area contributed by atoms with Crippen LogP contribution in [0.2, 0.25) is 0 Å². The van der Waals surface area contributed by atoms with Gasteiger partial charge in [-0.15, -0.1) is 11.3 Å². The lowest BCUT2D eigenvalue weighted by atomic mass is 10.1. The first kappa shape index (κ1) is 22.5. The molecular weight excluding hydrogens is 444 g/mol. The van der Waals surface area contributed by atoms with E-state index < -0.39 is 0 Å². The summed E-state index contributed by atoms with van der Waals surface area (Å²) in [6.07, 6.45) is 1.37. The third-order valence-electron chi connectivity index (χ3n) is 5.43. The second-order valence-corrected chi connectivity index (χ2v) is 9.57. The van der Waals surface area contributed by atoms with Gasteiger partial charge in [0.2, 0.25) is 5.91 Å². The third-order valence-corrected chi connectivity index (χ3v) is 7.42. The number of nitrogens with zero attached hydrogens (tertiary/aromatic N) is 4. The van der Waals surface area contributed by atoms with Gasteiger partial charge >= 0.3 is 5.97 Å². The molecule has 0 N–H and O–H groups in total. The first-order valence-corrected chi connectivity index (χ1v) is 12.4. The molecule has 1 saturated heterocycles. The van der Waals surface area contributed by atoms with Crippen LogP contribution in [0.15, 0.2) is 41.6 Å². The Morgan fingerprint density at radius 1 is 1.12 bits per heavy atom. The van der Waals surface area contributed by atoms with Crippen molar-refractivity contribution in [2.75, 3.05) is 43.9 Å². The van der Waals surface area contributed by atoms with Crippen molar-refractivity contribution in [1.82, 2.24) is 14.9 Å². The Kier molecular flexibility index (Phi) is 7.26. The Labute approximate surface area is 195 Å². The molecule has 168 valence electrons. The van der Waals surface area contributed by atoms with E-state index in [0.29, 0.717) is 37.8 Å². The summed E-state index contributed by atoms with van der Waals surface area (Å²) in [5.74, 6) is 0.913. The molecule has 2 aromatic heterocycles. The van der Waals surface area contributed by atoms with E-state index in [0.717, 1.165) is 28.0 Å². The van der Waals surface area contributed by atoms with Crippen LogP contribution in [0.25, 0.3) is 10.2 Å². The number of aromatic nitrogens is 2. The normalized spacial score (nSPS) is 14.1. The summed E-state index contributed by atoms with van der Waals surface area (Å²) in [6, 6.07) is 12.0. The zero-order chi connectivity index (χ0) is 22.5. The van der Waals surface area contributed by atoms with Crippen LogP contribution in [0.3, 0.4) is 0 Å². The molecule has 0 saturated carbocycles. The molecule has 0 atom stereocenters. The van der Waals surface area contributed by atoms with Gasteiger partial charge in [0.15, 0.2) is 5.16 Å². The topological polar surface area (TPSA) is 75.6 Å². The zero-order valence-corrected chi connectivity index (χ0v) is 19.9. The van der Waals surface area contributed by atoms with E-state index >= 15 is 0 Å². The number of fused-ring (bicyclic) bond motifs is 1. The van der Waals surface area contributed by atoms with Crippen molar-refractivity contribution in [3.05, 3.63) is 46.8 Å². The molecule has 3 heterocycles. The summed E-state index contributed by atoms with van der Waals surface area (Å²) in [4.78, 5) is 40.1. The highest BCUT2D eigenvalue weighted by molar-refractivity contribution is 7.99. The molecule has 32 heavy (non-hydrogen) atoms.